The minimum atomic E-state index is -1.73. The van der Waals surface area contributed by atoms with E-state index in [4.69, 9.17) is 4.42 Å². The summed E-state index contributed by atoms with van der Waals surface area (Å²) in [5.74, 6) is -2.93. The third-order valence-corrected chi connectivity index (χ3v) is 7.13. The molecule has 2 heterocycles. The molecular weight excluding hydrogens is 590 g/mol. The Morgan fingerprint density at radius 1 is 0.891 bits per heavy atom. The number of hydrogen-bond donors (Lipinski definition) is 5. The van der Waals surface area contributed by atoms with Crippen molar-refractivity contribution < 1.29 is 23.9 Å². The average Bonchev–Trinajstić information content (AvgIpc) is 3.60. The van der Waals surface area contributed by atoms with Crippen molar-refractivity contribution in [1.82, 2.24) is 31.3 Å². The number of hydrogen-bond acceptors (Lipinski definition) is 9. The molecule has 3 amide bonds. The van der Waals surface area contributed by atoms with E-state index in [1.54, 1.807) is 68.4 Å². The SMILES string of the molecule is CC(C)(NC(=O)c1cc(=O)cc(C(=O)N[C@@H](Cc2ccccc2)[C@H](O)C(=O)Nc2cccc(-c3nn[nH]n3)c2)o1)c1ccccc1. The highest BCUT2D eigenvalue weighted by Gasteiger charge is 2.30. The number of carbonyl (C=O) groups is 3. The summed E-state index contributed by atoms with van der Waals surface area (Å²) in [6.45, 7) is 3.58. The maximum atomic E-state index is 13.4. The normalized spacial score (nSPS) is 12.5. The molecule has 0 radical (unpaired) electrons. The van der Waals surface area contributed by atoms with Gasteiger partial charge in [0.25, 0.3) is 17.7 Å². The van der Waals surface area contributed by atoms with Crippen LogP contribution in [0.2, 0.25) is 0 Å². The van der Waals surface area contributed by atoms with Crippen LogP contribution in [0.25, 0.3) is 11.4 Å². The molecule has 0 fully saturated rings. The number of nitrogens with one attached hydrogen (secondary N) is 4. The molecule has 0 unspecified atom stereocenters. The molecule has 0 aliphatic carbocycles. The number of aliphatic hydroxyl groups is 1. The van der Waals surface area contributed by atoms with Gasteiger partial charge < -0.3 is 25.5 Å². The van der Waals surface area contributed by atoms with Gasteiger partial charge >= 0.3 is 0 Å². The van der Waals surface area contributed by atoms with Gasteiger partial charge in [-0.3, -0.25) is 19.2 Å². The molecule has 0 bridgehead atoms. The average molecular weight is 622 g/mol. The molecule has 0 saturated carbocycles. The zero-order valence-electron chi connectivity index (χ0n) is 24.9. The highest BCUT2D eigenvalue weighted by atomic mass is 16.4. The number of carbonyl (C=O) groups excluding carboxylic acids is 3. The molecule has 46 heavy (non-hydrogen) atoms. The summed E-state index contributed by atoms with van der Waals surface area (Å²) in [7, 11) is 0. The van der Waals surface area contributed by atoms with Gasteiger partial charge in [-0.05, 0) is 48.7 Å². The number of amides is 3. The lowest BCUT2D eigenvalue weighted by molar-refractivity contribution is -0.125. The summed E-state index contributed by atoms with van der Waals surface area (Å²) in [4.78, 5) is 52.3. The van der Waals surface area contributed by atoms with Crippen LogP contribution in [0.1, 0.15) is 46.1 Å². The molecule has 13 heteroatoms. The number of H-pyrrole nitrogens is 1. The van der Waals surface area contributed by atoms with Crippen molar-refractivity contribution in [3.05, 3.63) is 130 Å². The van der Waals surface area contributed by atoms with Crippen molar-refractivity contribution in [1.29, 1.82) is 0 Å². The topological polar surface area (TPSA) is 192 Å². The summed E-state index contributed by atoms with van der Waals surface area (Å²) in [6, 6.07) is 25.5. The second kappa shape index (κ2) is 13.8. The van der Waals surface area contributed by atoms with Crippen LogP contribution in [0, 0.1) is 0 Å². The highest BCUT2D eigenvalue weighted by molar-refractivity contribution is 5.97. The fourth-order valence-corrected chi connectivity index (χ4v) is 4.74. The fraction of sp³-hybridized carbons (Fsp3) is 0.182. The number of aliphatic hydroxyl groups excluding tert-OH is 1. The van der Waals surface area contributed by atoms with E-state index >= 15 is 0 Å². The van der Waals surface area contributed by atoms with Gasteiger partial charge in [-0.2, -0.15) is 5.21 Å². The highest BCUT2D eigenvalue weighted by Crippen LogP contribution is 2.21. The van der Waals surface area contributed by atoms with Crippen LogP contribution < -0.4 is 21.4 Å². The first-order valence-corrected chi connectivity index (χ1v) is 14.3. The Kier molecular flexibility index (Phi) is 9.43. The van der Waals surface area contributed by atoms with Crippen LogP contribution in [0.15, 0.2) is 106 Å². The molecule has 0 aliphatic rings. The van der Waals surface area contributed by atoms with Gasteiger partial charge in [0.1, 0.15) is 0 Å². The number of nitrogens with zero attached hydrogens (tertiary/aromatic N) is 3. The minimum absolute atomic E-state index is 0.0553. The number of aromatic amines is 1. The molecule has 3 aromatic carbocycles. The van der Waals surface area contributed by atoms with Gasteiger partial charge in [-0.1, -0.05) is 72.8 Å². The lowest BCUT2D eigenvalue weighted by atomic mass is 9.94. The second-order valence-electron chi connectivity index (χ2n) is 11.0. The number of anilines is 1. The van der Waals surface area contributed by atoms with E-state index < -0.39 is 46.6 Å². The first kappa shape index (κ1) is 31.5. The van der Waals surface area contributed by atoms with Crippen LogP contribution in [0.3, 0.4) is 0 Å². The summed E-state index contributed by atoms with van der Waals surface area (Å²) in [5, 5.41) is 32.9. The number of aromatic nitrogens is 4. The van der Waals surface area contributed by atoms with Crippen molar-refractivity contribution in [2.45, 2.75) is 38.0 Å². The zero-order valence-corrected chi connectivity index (χ0v) is 24.9. The van der Waals surface area contributed by atoms with E-state index in [0.29, 0.717) is 17.1 Å². The van der Waals surface area contributed by atoms with E-state index in [-0.39, 0.29) is 12.2 Å². The lowest BCUT2D eigenvalue weighted by Crippen LogP contribution is -2.50. The maximum Gasteiger partial charge on any atom is 0.287 e. The van der Waals surface area contributed by atoms with Gasteiger partial charge in [0.2, 0.25) is 5.82 Å². The van der Waals surface area contributed by atoms with Gasteiger partial charge in [0, 0.05) is 23.4 Å². The molecule has 5 aromatic rings. The quantitative estimate of drug-likeness (QED) is 0.148. The molecule has 0 spiro atoms. The summed E-state index contributed by atoms with van der Waals surface area (Å²) in [6.07, 6.45) is -1.68. The second-order valence-corrected chi connectivity index (χ2v) is 11.0. The minimum Gasteiger partial charge on any atom is -0.445 e. The van der Waals surface area contributed by atoms with Crippen LogP contribution in [0.5, 0.6) is 0 Å². The van der Waals surface area contributed by atoms with E-state index in [1.165, 1.54) is 0 Å². The van der Waals surface area contributed by atoms with E-state index in [1.807, 2.05) is 30.3 Å². The van der Waals surface area contributed by atoms with Crippen molar-refractivity contribution in [2.75, 3.05) is 5.32 Å². The van der Waals surface area contributed by atoms with Crippen LogP contribution in [-0.4, -0.2) is 55.6 Å². The van der Waals surface area contributed by atoms with E-state index in [0.717, 1.165) is 23.3 Å². The van der Waals surface area contributed by atoms with E-state index in [9.17, 15) is 24.3 Å². The fourth-order valence-electron chi connectivity index (χ4n) is 4.74. The van der Waals surface area contributed by atoms with Gasteiger partial charge in [-0.15, -0.1) is 10.2 Å². The first-order chi connectivity index (χ1) is 22.1. The Labute approximate surface area is 263 Å². The maximum absolute atomic E-state index is 13.4. The smallest absolute Gasteiger partial charge is 0.287 e. The molecule has 2 atom stereocenters. The standard InChI is InChI=1S/C33H31N7O6/c1-33(2,22-13-7-4-8-14-22)36-31(44)27-19-24(41)18-26(46-27)30(43)35-25(16-20-10-5-3-6-11-20)28(42)32(45)34-23-15-9-12-21(17-23)29-37-39-40-38-29/h3-15,17-19,25,28,42H,16H2,1-2H3,(H,34,45)(H,35,43)(H,36,44)(H,37,38,39,40)/t25-,28-/m0/s1. The largest absolute Gasteiger partial charge is 0.445 e. The van der Waals surface area contributed by atoms with Crippen LogP contribution >= 0.6 is 0 Å². The molecule has 2 aromatic heterocycles. The molecule has 234 valence electrons. The van der Waals surface area contributed by atoms with Crippen molar-refractivity contribution in [3.8, 4) is 11.4 Å². The Morgan fingerprint density at radius 2 is 1.57 bits per heavy atom. The number of benzene rings is 3. The van der Waals surface area contributed by atoms with Crippen LogP contribution in [-0.2, 0) is 16.8 Å². The van der Waals surface area contributed by atoms with Gasteiger partial charge in [0.05, 0.1) is 11.6 Å². The van der Waals surface area contributed by atoms with Gasteiger partial charge in [0.15, 0.2) is 23.1 Å². The van der Waals surface area contributed by atoms with Crippen molar-refractivity contribution in [2.24, 2.45) is 0 Å². The number of rotatable bonds is 11. The Morgan fingerprint density at radius 3 is 2.24 bits per heavy atom. The molecular formula is C33H31N7O6. The molecule has 13 nitrogen and oxygen atoms in total. The lowest BCUT2D eigenvalue weighted by Gasteiger charge is -2.26. The Hall–Kier alpha value is -5.95. The summed E-state index contributed by atoms with van der Waals surface area (Å²) < 4.78 is 5.57. The molecule has 0 saturated heterocycles. The predicted molar refractivity (Wildman–Crippen MR) is 168 cm³/mol. The zero-order chi connectivity index (χ0) is 32.7. The monoisotopic (exact) mass is 621 g/mol. The Balaban J connectivity index is 1.35. The predicted octanol–water partition coefficient (Wildman–Crippen LogP) is 2.83. The third kappa shape index (κ3) is 7.76. The van der Waals surface area contributed by atoms with E-state index in [2.05, 4.69) is 36.6 Å². The molecule has 5 N–H and O–H groups in total. The van der Waals surface area contributed by atoms with Gasteiger partial charge in [-0.25, -0.2) is 0 Å². The summed E-state index contributed by atoms with van der Waals surface area (Å²) >= 11 is 0. The van der Waals surface area contributed by atoms with Crippen molar-refractivity contribution >= 4 is 23.4 Å². The van der Waals surface area contributed by atoms with Crippen molar-refractivity contribution in [3.63, 3.8) is 0 Å². The van der Waals surface area contributed by atoms with Crippen LogP contribution in [0.4, 0.5) is 5.69 Å². The molecule has 0 aliphatic heterocycles. The first-order valence-electron chi connectivity index (χ1n) is 14.3. The Bertz CT molecular complexity index is 1880. The molecule has 5 rings (SSSR count). The number of tetrazole rings is 1. The third-order valence-electron chi connectivity index (χ3n) is 7.13. The summed E-state index contributed by atoms with van der Waals surface area (Å²) in [5.41, 5.74) is 0.992.